The average molecular weight is 317 g/mol. The van der Waals surface area contributed by atoms with Crippen molar-refractivity contribution in [2.24, 2.45) is 0 Å². The molecule has 0 saturated heterocycles. The van der Waals surface area contributed by atoms with Crippen molar-refractivity contribution in [3.05, 3.63) is 37.3 Å². The van der Waals surface area contributed by atoms with Crippen molar-refractivity contribution in [3.8, 4) is 0 Å². The summed E-state index contributed by atoms with van der Waals surface area (Å²) >= 11 is 13.7. The van der Waals surface area contributed by atoms with Crippen molar-refractivity contribution in [1.82, 2.24) is 9.78 Å². The van der Waals surface area contributed by atoms with Crippen LogP contribution >= 0.6 is 34.5 Å². The van der Waals surface area contributed by atoms with Gasteiger partial charge < -0.3 is 0 Å². The molecule has 102 valence electrons. The lowest BCUT2D eigenvalue weighted by molar-refractivity contribution is 0.0994. The number of rotatable bonds is 4. The van der Waals surface area contributed by atoms with E-state index in [2.05, 4.69) is 5.10 Å². The Morgan fingerprint density at radius 2 is 2.05 bits per heavy atom. The van der Waals surface area contributed by atoms with Crippen LogP contribution in [0.2, 0.25) is 10.0 Å². The smallest absolute Gasteiger partial charge is 0.180 e. The molecule has 0 aromatic carbocycles. The van der Waals surface area contributed by atoms with Crippen LogP contribution in [0.1, 0.15) is 33.5 Å². The standard InChI is InChI=1S/C13H14Cl2N2OS/c1-4-17-9(12(15)8(3)16-17)5-10(18)13-11(14)7(2)6-19-13/h6H,4-5H2,1-3H3. The summed E-state index contributed by atoms with van der Waals surface area (Å²) in [5, 5.41) is 7.31. The van der Waals surface area contributed by atoms with Gasteiger partial charge in [0.05, 0.1) is 32.7 Å². The number of carbonyl (C=O) groups is 1. The molecule has 2 heterocycles. The molecule has 0 fully saturated rings. The van der Waals surface area contributed by atoms with Crippen molar-refractivity contribution < 1.29 is 4.79 Å². The highest BCUT2D eigenvalue weighted by molar-refractivity contribution is 7.13. The lowest BCUT2D eigenvalue weighted by Crippen LogP contribution is -2.09. The molecule has 0 N–H and O–H groups in total. The van der Waals surface area contributed by atoms with Crippen LogP contribution in [-0.4, -0.2) is 15.6 Å². The molecule has 3 nitrogen and oxygen atoms in total. The van der Waals surface area contributed by atoms with E-state index >= 15 is 0 Å². The molecule has 0 aliphatic heterocycles. The molecule has 0 unspecified atom stereocenters. The van der Waals surface area contributed by atoms with Crippen molar-refractivity contribution >= 4 is 40.3 Å². The maximum Gasteiger partial charge on any atom is 0.180 e. The highest BCUT2D eigenvalue weighted by atomic mass is 35.5. The van der Waals surface area contributed by atoms with Gasteiger partial charge in [-0.25, -0.2) is 0 Å². The third-order valence-corrected chi connectivity index (χ3v) is 5.16. The summed E-state index contributed by atoms with van der Waals surface area (Å²) in [6.45, 7) is 6.39. The van der Waals surface area contributed by atoms with E-state index in [1.54, 1.807) is 4.68 Å². The molecule has 2 aromatic heterocycles. The minimum Gasteiger partial charge on any atom is -0.293 e. The first-order valence-electron chi connectivity index (χ1n) is 5.94. The van der Waals surface area contributed by atoms with Crippen LogP contribution in [0.3, 0.4) is 0 Å². The Kier molecular flexibility index (Phi) is 4.33. The van der Waals surface area contributed by atoms with Gasteiger partial charge in [-0.2, -0.15) is 5.10 Å². The molecule has 0 aliphatic carbocycles. The second-order valence-electron chi connectivity index (χ2n) is 4.32. The van der Waals surface area contributed by atoms with E-state index < -0.39 is 0 Å². The van der Waals surface area contributed by atoms with Crippen LogP contribution < -0.4 is 0 Å². The zero-order valence-corrected chi connectivity index (χ0v) is 13.3. The van der Waals surface area contributed by atoms with Crippen molar-refractivity contribution in [1.29, 1.82) is 0 Å². The maximum absolute atomic E-state index is 12.3. The third-order valence-electron chi connectivity index (χ3n) is 2.93. The molecule has 6 heteroatoms. The van der Waals surface area contributed by atoms with E-state index in [1.807, 2.05) is 26.2 Å². The van der Waals surface area contributed by atoms with Crippen LogP contribution in [0.15, 0.2) is 5.38 Å². The summed E-state index contributed by atoms with van der Waals surface area (Å²) in [5.41, 5.74) is 2.44. The molecular weight excluding hydrogens is 303 g/mol. The predicted octanol–water partition coefficient (Wildman–Crippen LogP) is 4.31. The number of aromatic nitrogens is 2. The molecule has 2 aromatic rings. The first kappa shape index (κ1) is 14.6. The Balaban J connectivity index is 2.31. The lowest BCUT2D eigenvalue weighted by atomic mass is 10.1. The van der Waals surface area contributed by atoms with E-state index in [4.69, 9.17) is 23.2 Å². The predicted molar refractivity (Wildman–Crippen MR) is 79.7 cm³/mol. The number of thiophene rings is 1. The molecule has 0 radical (unpaired) electrons. The Morgan fingerprint density at radius 3 is 2.58 bits per heavy atom. The zero-order valence-electron chi connectivity index (χ0n) is 11.0. The first-order valence-corrected chi connectivity index (χ1v) is 7.57. The molecule has 2 rings (SSSR count). The van der Waals surface area contributed by atoms with Gasteiger partial charge in [-0.1, -0.05) is 23.2 Å². The molecule has 0 amide bonds. The molecule has 0 spiro atoms. The second-order valence-corrected chi connectivity index (χ2v) is 5.96. The van der Waals surface area contributed by atoms with Gasteiger partial charge in [0.25, 0.3) is 0 Å². The highest BCUT2D eigenvalue weighted by Gasteiger charge is 2.20. The molecule has 19 heavy (non-hydrogen) atoms. The minimum atomic E-state index is -0.0143. The summed E-state index contributed by atoms with van der Waals surface area (Å²) in [5.74, 6) is -0.0143. The van der Waals surface area contributed by atoms with Gasteiger partial charge in [0, 0.05) is 6.54 Å². The number of nitrogens with zero attached hydrogens (tertiary/aromatic N) is 2. The van der Waals surface area contributed by atoms with Gasteiger partial charge in [-0.3, -0.25) is 9.48 Å². The summed E-state index contributed by atoms with van der Waals surface area (Å²) in [7, 11) is 0. The molecule has 0 saturated carbocycles. The van der Waals surface area contributed by atoms with Crippen molar-refractivity contribution in [3.63, 3.8) is 0 Å². The first-order chi connectivity index (χ1) is 8.95. The summed E-state index contributed by atoms with van der Waals surface area (Å²) in [4.78, 5) is 12.9. The number of hydrogen-bond donors (Lipinski definition) is 0. The van der Waals surface area contributed by atoms with E-state index in [-0.39, 0.29) is 12.2 Å². The second kappa shape index (κ2) is 5.65. The molecule has 0 aliphatic rings. The fourth-order valence-corrected chi connectivity index (χ4v) is 3.33. The van der Waals surface area contributed by atoms with E-state index in [9.17, 15) is 4.79 Å². The minimum absolute atomic E-state index is 0.0143. The van der Waals surface area contributed by atoms with Crippen molar-refractivity contribution in [2.45, 2.75) is 33.7 Å². The largest absolute Gasteiger partial charge is 0.293 e. The fraction of sp³-hybridized carbons (Fsp3) is 0.385. The van der Waals surface area contributed by atoms with Gasteiger partial charge >= 0.3 is 0 Å². The van der Waals surface area contributed by atoms with E-state index in [0.29, 0.717) is 21.5 Å². The molecule has 0 atom stereocenters. The fourth-order valence-electron chi connectivity index (χ4n) is 1.89. The zero-order chi connectivity index (χ0) is 14.2. The number of carbonyl (C=O) groups excluding carboxylic acids is 1. The van der Waals surface area contributed by atoms with Gasteiger partial charge in [-0.15, -0.1) is 11.3 Å². The van der Waals surface area contributed by atoms with Crippen molar-refractivity contribution in [2.75, 3.05) is 0 Å². The molecular formula is C13H14Cl2N2OS. The van der Waals surface area contributed by atoms with Gasteiger partial charge in [-0.05, 0) is 31.7 Å². The highest BCUT2D eigenvalue weighted by Crippen LogP contribution is 2.29. The maximum atomic E-state index is 12.3. The lowest BCUT2D eigenvalue weighted by Gasteiger charge is -2.04. The van der Waals surface area contributed by atoms with Gasteiger partial charge in [0.1, 0.15) is 0 Å². The number of aryl methyl sites for hydroxylation is 3. The van der Waals surface area contributed by atoms with E-state index in [0.717, 1.165) is 17.0 Å². The Labute approximate surface area is 126 Å². The summed E-state index contributed by atoms with van der Waals surface area (Å²) in [6.07, 6.45) is 0.229. The van der Waals surface area contributed by atoms with Crippen LogP contribution in [-0.2, 0) is 13.0 Å². The van der Waals surface area contributed by atoms with Crippen LogP contribution in [0, 0.1) is 13.8 Å². The average Bonchev–Trinajstić information content (AvgIpc) is 2.84. The Bertz CT molecular complexity index is 631. The molecule has 0 bridgehead atoms. The number of halogens is 2. The quantitative estimate of drug-likeness (QED) is 0.788. The third kappa shape index (κ3) is 2.71. The normalized spacial score (nSPS) is 11.0. The van der Waals surface area contributed by atoms with E-state index in [1.165, 1.54) is 11.3 Å². The number of ketones is 1. The monoisotopic (exact) mass is 316 g/mol. The van der Waals surface area contributed by atoms with Crippen LogP contribution in [0.25, 0.3) is 0 Å². The summed E-state index contributed by atoms with van der Waals surface area (Å²) in [6, 6.07) is 0. The van der Waals surface area contributed by atoms with Gasteiger partial charge in [0.2, 0.25) is 0 Å². The number of Topliss-reactive ketones (excluding diaryl/α,β-unsaturated/α-hetero) is 1. The summed E-state index contributed by atoms with van der Waals surface area (Å²) < 4.78 is 1.77. The number of hydrogen-bond acceptors (Lipinski definition) is 3. The van der Waals surface area contributed by atoms with Crippen LogP contribution in [0.5, 0.6) is 0 Å². The Hall–Kier alpha value is -0.840. The van der Waals surface area contributed by atoms with Crippen LogP contribution in [0.4, 0.5) is 0 Å². The topological polar surface area (TPSA) is 34.9 Å². The Morgan fingerprint density at radius 1 is 1.37 bits per heavy atom. The van der Waals surface area contributed by atoms with Gasteiger partial charge in [0.15, 0.2) is 5.78 Å². The SMILES string of the molecule is CCn1nc(C)c(Cl)c1CC(=O)c1scc(C)c1Cl.